The molecule has 0 atom stereocenters. The van der Waals surface area contributed by atoms with E-state index >= 15 is 0 Å². The Morgan fingerprint density at radius 2 is 1.48 bits per heavy atom. The fourth-order valence-electron chi connectivity index (χ4n) is 3.42. The first-order chi connectivity index (χ1) is 15.5. The first-order valence-corrected chi connectivity index (χ1v) is 12.2. The molecule has 4 N–H and O–H groups in total. The highest BCUT2D eigenvalue weighted by Crippen LogP contribution is 2.42. The number of phenols is 1. The molecule has 0 saturated heterocycles. The summed E-state index contributed by atoms with van der Waals surface area (Å²) in [7, 11) is -9.53. The number of fused-ring (bicyclic) bond motifs is 2. The SMILES string of the molecule is O=S(=O)(O)c1ccc2c(N=Nc3cc(CO)cc4ccccc34)c(O)c(S(=O)(=O)O)cc2c1. The minimum absolute atomic E-state index is 0.0431. The van der Waals surface area contributed by atoms with Crippen molar-refractivity contribution in [2.75, 3.05) is 0 Å². The summed E-state index contributed by atoms with van der Waals surface area (Å²) < 4.78 is 65.4. The second-order valence-corrected chi connectivity index (χ2v) is 9.91. The molecule has 0 heterocycles. The van der Waals surface area contributed by atoms with Crippen molar-refractivity contribution in [3.05, 3.63) is 66.2 Å². The molecular weight excluding hydrogens is 472 g/mol. The lowest BCUT2D eigenvalue weighted by molar-refractivity contribution is 0.282. The van der Waals surface area contributed by atoms with Gasteiger partial charge >= 0.3 is 0 Å². The Balaban J connectivity index is 2.00. The topological polar surface area (TPSA) is 174 Å². The average molecular weight is 488 g/mol. The molecule has 4 aromatic rings. The minimum Gasteiger partial charge on any atom is -0.504 e. The van der Waals surface area contributed by atoms with Crippen LogP contribution >= 0.6 is 0 Å². The van der Waals surface area contributed by atoms with E-state index in [1.165, 1.54) is 6.07 Å². The third-order valence-corrected chi connectivity index (χ3v) is 6.65. The van der Waals surface area contributed by atoms with Crippen LogP contribution in [0.2, 0.25) is 0 Å². The van der Waals surface area contributed by atoms with Gasteiger partial charge in [-0.05, 0) is 46.7 Å². The van der Waals surface area contributed by atoms with Crippen molar-refractivity contribution >= 4 is 53.2 Å². The van der Waals surface area contributed by atoms with Crippen molar-refractivity contribution in [1.29, 1.82) is 0 Å². The third-order valence-electron chi connectivity index (χ3n) is 4.94. The van der Waals surface area contributed by atoms with Gasteiger partial charge in [-0.3, -0.25) is 9.11 Å². The van der Waals surface area contributed by atoms with Crippen molar-refractivity contribution in [3.63, 3.8) is 0 Å². The number of rotatable bonds is 5. The van der Waals surface area contributed by atoms with E-state index in [-0.39, 0.29) is 23.1 Å². The van der Waals surface area contributed by atoms with Crippen molar-refractivity contribution < 1.29 is 36.2 Å². The standard InChI is InChI=1S/C21H16N2O8S2/c24-11-12-7-13-3-1-2-4-16(13)18(8-12)22-23-20-17-6-5-15(32(26,27)28)9-14(17)10-19(21(20)25)33(29,30)31/h1-10,24-25H,11H2,(H,26,27,28)(H,29,30,31). The van der Waals surface area contributed by atoms with E-state index in [4.69, 9.17) is 0 Å². The van der Waals surface area contributed by atoms with Crippen LogP contribution in [-0.4, -0.2) is 36.2 Å². The van der Waals surface area contributed by atoms with Crippen LogP contribution in [0.3, 0.4) is 0 Å². The normalized spacial score (nSPS) is 12.7. The molecular formula is C21H16N2O8S2. The van der Waals surface area contributed by atoms with E-state index in [1.807, 2.05) is 0 Å². The van der Waals surface area contributed by atoms with Gasteiger partial charge in [0.2, 0.25) is 0 Å². The smallest absolute Gasteiger partial charge is 0.298 e. The monoisotopic (exact) mass is 488 g/mol. The molecule has 0 amide bonds. The second-order valence-electron chi connectivity index (χ2n) is 7.10. The van der Waals surface area contributed by atoms with Gasteiger partial charge in [-0.15, -0.1) is 10.2 Å². The van der Waals surface area contributed by atoms with Crippen LogP contribution in [-0.2, 0) is 26.8 Å². The summed E-state index contributed by atoms with van der Waals surface area (Å²) in [6.07, 6.45) is 0. The van der Waals surface area contributed by atoms with Gasteiger partial charge in [0.15, 0.2) is 5.75 Å². The molecule has 10 nitrogen and oxygen atoms in total. The highest BCUT2D eigenvalue weighted by molar-refractivity contribution is 7.86. The largest absolute Gasteiger partial charge is 0.504 e. The van der Waals surface area contributed by atoms with Crippen molar-refractivity contribution in [2.45, 2.75) is 16.4 Å². The summed E-state index contributed by atoms with van der Waals surface area (Å²) in [5.41, 5.74) is 0.512. The summed E-state index contributed by atoms with van der Waals surface area (Å²) in [5.74, 6) is -0.893. The van der Waals surface area contributed by atoms with Crippen LogP contribution in [0.4, 0.5) is 11.4 Å². The lowest BCUT2D eigenvalue weighted by Gasteiger charge is -2.10. The maximum absolute atomic E-state index is 11.8. The molecule has 170 valence electrons. The first-order valence-electron chi connectivity index (χ1n) is 9.28. The van der Waals surface area contributed by atoms with Gasteiger partial charge in [-0.25, -0.2) is 0 Å². The molecule has 0 aliphatic carbocycles. The fraction of sp³-hybridized carbons (Fsp3) is 0.0476. The lowest BCUT2D eigenvalue weighted by atomic mass is 10.1. The van der Waals surface area contributed by atoms with Gasteiger partial charge in [-0.1, -0.05) is 30.3 Å². The number of phenolic OH excluding ortho intramolecular Hbond substituents is 1. The molecule has 0 saturated carbocycles. The number of aliphatic hydroxyl groups is 1. The molecule has 0 unspecified atom stereocenters. The molecule has 4 rings (SSSR count). The van der Waals surface area contributed by atoms with Gasteiger partial charge in [0.25, 0.3) is 20.2 Å². The summed E-state index contributed by atoms with van der Waals surface area (Å²) >= 11 is 0. The quantitative estimate of drug-likeness (QED) is 0.240. The molecule has 0 spiro atoms. The van der Waals surface area contributed by atoms with E-state index in [0.29, 0.717) is 16.6 Å². The zero-order valence-electron chi connectivity index (χ0n) is 16.6. The first kappa shape index (κ1) is 22.8. The zero-order chi connectivity index (χ0) is 24.0. The maximum Gasteiger partial charge on any atom is 0.298 e. The molecule has 0 fully saturated rings. The Morgan fingerprint density at radius 1 is 0.758 bits per heavy atom. The number of aliphatic hydroxyl groups excluding tert-OH is 1. The number of aromatic hydroxyl groups is 1. The second kappa shape index (κ2) is 8.17. The number of azo groups is 1. The molecule has 0 aromatic heterocycles. The number of hydrogen-bond donors (Lipinski definition) is 4. The highest BCUT2D eigenvalue weighted by atomic mass is 32.2. The van der Waals surface area contributed by atoms with E-state index in [9.17, 15) is 36.2 Å². The summed E-state index contributed by atoms with van der Waals surface area (Å²) in [6, 6.07) is 14.5. The molecule has 12 heteroatoms. The van der Waals surface area contributed by atoms with Crippen molar-refractivity contribution in [3.8, 4) is 5.75 Å². The van der Waals surface area contributed by atoms with Gasteiger partial charge in [0.05, 0.1) is 17.2 Å². The minimum atomic E-state index is -4.92. The molecule has 0 aliphatic heterocycles. The van der Waals surface area contributed by atoms with E-state index < -0.39 is 35.8 Å². The van der Waals surface area contributed by atoms with E-state index in [0.717, 1.165) is 23.6 Å². The van der Waals surface area contributed by atoms with Gasteiger partial charge in [-0.2, -0.15) is 16.8 Å². The van der Waals surface area contributed by atoms with Crippen LogP contribution in [0, 0.1) is 0 Å². The number of nitrogens with zero attached hydrogens (tertiary/aromatic N) is 2. The summed E-state index contributed by atoms with van der Waals surface area (Å²) in [4.78, 5) is -1.43. The van der Waals surface area contributed by atoms with E-state index in [1.54, 1.807) is 36.4 Å². The van der Waals surface area contributed by atoms with Crippen molar-refractivity contribution in [1.82, 2.24) is 0 Å². The van der Waals surface area contributed by atoms with Crippen LogP contribution in [0.5, 0.6) is 5.75 Å². The molecule has 0 aliphatic rings. The van der Waals surface area contributed by atoms with Crippen LogP contribution in [0.15, 0.2) is 80.7 Å². The number of benzene rings is 4. The number of hydrogen-bond acceptors (Lipinski definition) is 8. The Morgan fingerprint density at radius 3 is 2.15 bits per heavy atom. The predicted molar refractivity (Wildman–Crippen MR) is 119 cm³/mol. The molecule has 4 aromatic carbocycles. The summed E-state index contributed by atoms with van der Waals surface area (Å²) in [5, 5.41) is 29.7. The fourth-order valence-corrected chi connectivity index (χ4v) is 4.55. The third kappa shape index (κ3) is 4.42. The van der Waals surface area contributed by atoms with Gasteiger partial charge in [0, 0.05) is 10.8 Å². The van der Waals surface area contributed by atoms with Crippen LogP contribution in [0.1, 0.15) is 5.56 Å². The molecule has 33 heavy (non-hydrogen) atoms. The van der Waals surface area contributed by atoms with Gasteiger partial charge in [0.1, 0.15) is 10.6 Å². The average Bonchev–Trinajstić information content (AvgIpc) is 2.76. The van der Waals surface area contributed by atoms with Crippen LogP contribution < -0.4 is 0 Å². The van der Waals surface area contributed by atoms with Gasteiger partial charge < -0.3 is 10.2 Å². The maximum atomic E-state index is 11.8. The Kier molecular flexibility index (Phi) is 5.64. The zero-order valence-corrected chi connectivity index (χ0v) is 18.2. The Hall–Kier alpha value is -3.42. The van der Waals surface area contributed by atoms with Crippen LogP contribution in [0.25, 0.3) is 21.5 Å². The molecule has 0 bridgehead atoms. The highest BCUT2D eigenvalue weighted by Gasteiger charge is 2.23. The lowest BCUT2D eigenvalue weighted by Crippen LogP contribution is -2.00. The molecule has 0 radical (unpaired) electrons. The Labute approximate surface area is 188 Å². The summed E-state index contributed by atoms with van der Waals surface area (Å²) in [6.45, 7) is -0.266. The predicted octanol–water partition coefficient (Wildman–Crippen LogP) is 4.10. The van der Waals surface area contributed by atoms with E-state index in [2.05, 4.69) is 10.2 Å². The Bertz CT molecular complexity index is 1660. The van der Waals surface area contributed by atoms with Crippen molar-refractivity contribution in [2.24, 2.45) is 10.2 Å².